The van der Waals surface area contributed by atoms with Crippen LogP contribution in [-0.2, 0) is 0 Å². The van der Waals surface area contributed by atoms with Crippen LogP contribution in [0.4, 0.5) is 0 Å². The Morgan fingerprint density at radius 1 is 0.933 bits per heavy atom. The van der Waals surface area contributed by atoms with E-state index in [2.05, 4.69) is 53.6 Å². The maximum Gasteiger partial charge on any atom is 0.0600 e. The third-order valence-electron chi connectivity index (χ3n) is 2.80. The summed E-state index contributed by atoms with van der Waals surface area (Å²) in [6.45, 7) is 3.82. The van der Waals surface area contributed by atoms with Crippen molar-refractivity contribution in [2.24, 2.45) is 0 Å². The maximum atomic E-state index is 3.82. The van der Waals surface area contributed by atoms with Crippen molar-refractivity contribution in [1.29, 1.82) is 0 Å². The fraction of sp³-hybridized carbons (Fsp3) is 0. The molecule has 0 fully saturated rings. The second-order valence-electron chi connectivity index (χ2n) is 3.63. The van der Waals surface area contributed by atoms with Crippen LogP contribution < -0.4 is 0 Å². The van der Waals surface area contributed by atoms with Gasteiger partial charge in [-0.3, -0.25) is 0 Å². The Hall–Kier alpha value is -2.02. The molecule has 0 saturated carbocycles. The van der Waals surface area contributed by atoms with E-state index in [1.54, 1.807) is 0 Å². The van der Waals surface area contributed by atoms with Crippen LogP contribution in [0.15, 0.2) is 55.2 Å². The number of nitrogens with zero attached hydrogens (tertiary/aromatic N) is 1. The van der Waals surface area contributed by atoms with Gasteiger partial charge in [0.15, 0.2) is 0 Å². The summed E-state index contributed by atoms with van der Waals surface area (Å²) in [5.74, 6) is 0. The zero-order valence-electron chi connectivity index (χ0n) is 8.35. The Kier molecular flexibility index (Phi) is 1.65. The largest absolute Gasteiger partial charge is 0.323 e. The van der Waals surface area contributed by atoms with Crippen LogP contribution in [0, 0.1) is 0 Å². The van der Waals surface area contributed by atoms with Crippen molar-refractivity contribution in [3.63, 3.8) is 0 Å². The van der Waals surface area contributed by atoms with Crippen LogP contribution in [0.5, 0.6) is 0 Å². The van der Waals surface area contributed by atoms with E-state index in [1.807, 2.05) is 12.4 Å². The Morgan fingerprint density at radius 2 is 1.73 bits per heavy atom. The normalized spacial score (nSPS) is 10.9. The number of hydrogen-bond acceptors (Lipinski definition) is 0. The van der Waals surface area contributed by atoms with Gasteiger partial charge in [-0.05, 0) is 11.5 Å². The molecule has 2 aromatic carbocycles. The van der Waals surface area contributed by atoms with Gasteiger partial charge in [0, 0.05) is 23.2 Å². The minimum Gasteiger partial charge on any atom is -0.323 e. The summed E-state index contributed by atoms with van der Waals surface area (Å²) in [5.41, 5.74) is 1.24. The summed E-state index contributed by atoms with van der Waals surface area (Å²) in [4.78, 5) is 0. The highest BCUT2D eigenvalue weighted by molar-refractivity contribution is 6.06. The van der Waals surface area contributed by atoms with Crippen LogP contribution in [0.3, 0.4) is 0 Å². The number of fused-ring (bicyclic) bond motifs is 3. The predicted molar refractivity (Wildman–Crippen MR) is 65.8 cm³/mol. The fourth-order valence-electron chi connectivity index (χ4n) is 2.08. The molecule has 0 aliphatic heterocycles. The SMILES string of the molecule is C=Cn1ccc2ccc3ccccc3c21. The second-order valence-corrected chi connectivity index (χ2v) is 3.63. The van der Waals surface area contributed by atoms with Crippen LogP contribution in [0.2, 0.25) is 0 Å². The Morgan fingerprint density at radius 3 is 2.60 bits per heavy atom. The summed E-state index contributed by atoms with van der Waals surface area (Å²) in [7, 11) is 0. The molecule has 0 radical (unpaired) electrons. The van der Waals surface area contributed by atoms with Gasteiger partial charge in [0.05, 0.1) is 5.52 Å². The van der Waals surface area contributed by atoms with Gasteiger partial charge in [0.2, 0.25) is 0 Å². The highest BCUT2D eigenvalue weighted by atomic mass is 14.9. The number of benzene rings is 2. The molecular formula is C14H11N. The summed E-state index contributed by atoms with van der Waals surface area (Å²) < 4.78 is 2.07. The monoisotopic (exact) mass is 193 g/mol. The molecule has 0 amide bonds. The molecule has 0 N–H and O–H groups in total. The molecule has 0 saturated heterocycles. The van der Waals surface area contributed by atoms with E-state index in [4.69, 9.17) is 0 Å². The lowest BCUT2D eigenvalue weighted by atomic mass is 10.1. The third kappa shape index (κ3) is 1.10. The van der Waals surface area contributed by atoms with E-state index >= 15 is 0 Å². The fourth-order valence-corrected chi connectivity index (χ4v) is 2.08. The number of hydrogen-bond donors (Lipinski definition) is 0. The van der Waals surface area contributed by atoms with Gasteiger partial charge in [-0.25, -0.2) is 0 Å². The predicted octanol–water partition coefficient (Wildman–Crippen LogP) is 3.90. The lowest BCUT2D eigenvalue weighted by Crippen LogP contribution is -1.83. The first-order valence-electron chi connectivity index (χ1n) is 5.01. The standard InChI is InChI=1S/C14H11N/c1-2-15-10-9-12-8-7-11-5-3-4-6-13(11)14(12)15/h2-10H,1H2. The van der Waals surface area contributed by atoms with Crippen LogP contribution in [0.1, 0.15) is 0 Å². The van der Waals surface area contributed by atoms with Crippen LogP contribution >= 0.6 is 0 Å². The topological polar surface area (TPSA) is 4.93 Å². The molecule has 0 atom stereocenters. The highest BCUT2D eigenvalue weighted by Crippen LogP contribution is 2.26. The van der Waals surface area contributed by atoms with Gasteiger partial charge < -0.3 is 4.57 Å². The zero-order chi connectivity index (χ0) is 10.3. The van der Waals surface area contributed by atoms with Crippen molar-refractivity contribution in [3.05, 3.63) is 55.2 Å². The lowest BCUT2D eigenvalue weighted by Gasteiger charge is -2.02. The van der Waals surface area contributed by atoms with E-state index in [-0.39, 0.29) is 0 Å². The average molecular weight is 193 g/mol. The first kappa shape index (κ1) is 8.30. The molecule has 0 bridgehead atoms. The molecular weight excluding hydrogens is 182 g/mol. The van der Waals surface area contributed by atoms with E-state index < -0.39 is 0 Å². The molecule has 0 aliphatic carbocycles. The molecule has 15 heavy (non-hydrogen) atoms. The van der Waals surface area contributed by atoms with Gasteiger partial charge >= 0.3 is 0 Å². The van der Waals surface area contributed by atoms with Gasteiger partial charge in [-0.15, -0.1) is 0 Å². The first-order valence-corrected chi connectivity index (χ1v) is 5.01. The smallest absolute Gasteiger partial charge is 0.0600 e. The first-order chi connectivity index (χ1) is 7.40. The molecule has 0 unspecified atom stereocenters. The van der Waals surface area contributed by atoms with Crippen molar-refractivity contribution in [2.45, 2.75) is 0 Å². The molecule has 3 rings (SSSR count). The van der Waals surface area contributed by atoms with Gasteiger partial charge in [0.25, 0.3) is 0 Å². The van der Waals surface area contributed by atoms with Crippen LogP contribution in [0.25, 0.3) is 27.9 Å². The Bertz CT molecular complexity index is 647. The van der Waals surface area contributed by atoms with E-state index in [0.29, 0.717) is 0 Å². The molecule has 1 heteroatoms. The van der Waals surface area contributed by atoms with Crippen molar-refractivity contribution in [3.8, 4) is 0 Å². The molecule has 1 heterocycles. The average Bonchev–Trinajstić information content (AvgIpc) is 2.72. The maximum absolute atomic E-state index is 3.82. The minimum absolute atomic E-state index is 1.24. The zero-order valence-corrected chi connectivity index (χ0v) is 8.35. The van der Waals surface area contributed by atoms with E-state index in [1.165, 1.54) is 21.7 Å². The third-order valence-corrected chi connectivity index (χ3v) is 2.80. The quantitative estimate of drug-likeness (QED) is 0.552. The summed E-state index contributed by atoms with van der Waals surface area (Å²) in [6, 6.07) is 14.8. The molecule has 0 aliphatic rings. The molecule has 3 aromatic rings. The molecule has 1 aromatic heterocycles. The van der Waals surface area contributed by atoms with E-state index in [0.717, 1.165) is 0 Å². The summed E-state index contributed by atoms with van der Waals surface area (Å²) >= 11 is 0. The Balaban J connectivity index is 2.61. The second kappa shape index (κ2) is 2.99. The van der Waals surface area contributed by atoms with Crippen molar-refractivity contribution in [2.75, 3.05) is 0 Å². The van der Waals surface area contributed by atoms with Crippen molar-refractivity contribution in [1.82, 2.24) is 4.57 Å². The summed E-state index contributed by atoms with van der Waals surface area (Å²) in [5, 5.41) is 3.81. The molecule has 1 nitrogen and oxygen atoms in total. The van der Waals surface area contributed by atoms with E-state index in [9.17, 15) is 0 Å². The lowest BCUT2D eigenvalue weighted by molar-refractivity contribution is 1.24. The number of aromatic nitrogens is 1. The number of rotatable bonds is 1. The van der Waals surface area contributed by atoms with Crippen molar-refractivity contribution < 1.29 is 0 Å². The van der Waals surface area contributed by atoms with Gasteiger partial charge in [-0.1, -0.05) is 43.0 Å². The Labute approximate surface area is 88.3 Å². The highest BCUT2D eigenvalue weighted by Gasteiger charge is 2.02. The molecule has 0 spiro atoms. The minimum atomic E-state index is 1.24. The van der Waals surface area contributed by atoms with Gasteiger partial charge in [-0.2, -0.15) is 0 Å². The molecule has 72 valence electrons. The summed E-state index contributed by atoms with van der Waals surface area (Å²) in [6.07, 6.45) is 3.89. The van der Waals surface area contributed by atoms with Crippen molar-refractivity contribution >= 4 is 27.9 Å². The van der Waals surface area contributed by atoms with Crippen LogP contribution in [-0.4, -0.2) is 4.57 Å². The van der Waals surface area contributed by atoms with Gasteiger partial charge in [0.1, 0.15) is 0 Å².